The van der Waals surface area contributed by atoms with Crippen LogP contribution in [0.5, 0.6) is 0 Å². The molecule has 0 radical (unpaired) electrons. The average molecular weight is 248 g/mol. The number of aryl methyl sites for hydroxylation is 1. The molecule has 1 aliphatic heterocycles. The zero-order valence-electron chi connectivity index (χ0n) is 9.69. The molecule has 0 spiro atoms. The number of hydrogen-bond donors (Lipinski definition) is 0. The molecule has 0 saturated heterocycles. The predicted octanol–water partition coefficient (Wildman–Crippen LogP) is -0.364. The third-order valence-corrected chi connectivity index (χ3v) is 3.01. The van der Waals surface area contributed by atoms with Crippen LogP contribution in [0.1, 0.15) is 17.7 Å². The van der Waals surface area contributed by atoms with E-state index >= 15 is 0 Å². The Morgan fingerprint density at radius 2 is 2.44 bits per heavy atom. The molecule has 0 fully saturated rings. The van der Waals surface area contributed by atoms with Gasteiger partial charge in [-0.1, -0.05) is 5.16 Å². The van der Waals surface area contributed by atoms with Crippen molar-refractivity contribution in [2.24, 2.45) is 0 Å². The van der Waals surface area contributed by atoms with Gasteiger partial charge in [0.05, 0.1) is 18.8 Å². The molecule has 0 atom stereocenters. The maximum absolute atomic E-state index is 12.0. The topological polar surface area (TPSA) is 89.9 Å². The first-order chi connectivity index (χ1) is 8.83. The fraction of sp³-hybridized carbons (Fsp3) is 0.500. The van der Waals surface area contributed by atoms with E-state index in [0.717, 1.165) is 17.7 Å². The second-order valence-corrected chi connectivity index (χ2v) is 4.17. The van der Waals surface area contributed by atoms with E-state index in [4.69, 9.17) is 4.52 Å². The lowest BCUT2D eigenvalue weighted by Gasteiger charge is -2.25. The molecule has 3 rings (SSSR count). The van der Waals surface area contributed by atoms with Crippen LogP contribution < -0.4 is 0 Å². The van der Waals surface area contributed by atoms with Crippen molar-refractivity contribution < 1.29 is 9.32 Å². The van der Waals surface area contributed by atoms with Crippen LogP contribution in [0.3, 0.4) is 0 Å². The minimum atomic E-state index is 0.0948. The van der Waals surface area contributed by atoms with Gasteiger partial charge in [0.1, 0.15) is 12.6 Å². The maximum Gasteiger partial charge on any atom is 0.224 e. The van der Waals surface area contributed by atoms with Crippen LogP contribution in [0.15, 0.2) is 17.1 Å². The van der Waals surface area contributed by atoms with Gasteiger partial charge in [0, 0.05) is 24.9 Å². The van der Waals surface area contributed by atoms with Crippen LogP contribution in [-0.2, 0) is 24.3 Å². The van der Waals surface area contributed by atoms with Crippen molar-refractivity contribution in [2.75, 3.05) is 6.54 Å². The first-order valence-corrected chi connectivity index (χ1v) is 5.73. The number of hydrogen-bond acceptors (Lipinski definition) is 6. The summed E-state index contributed by atoms with van der Waals surface area (Å²) in [5.41, 5.74) is 1.96. The molecular formula is C10H12N6O2. The van der Waals surface area contributed by atoms with Crippen molar-refractivity contribution in [3.63, 3.8) is 0 Å². The first-order valence-electron chi connectivity index (χ1n) is 5.73. The van der Waals surface area contributed by atoms with Crippen molar-refractivity contribution in [2.45, 2.75) is 25.9 Å². The first kappa shape index (κ1) is 10.9. The number of rotatable bonds is 3. The number of tetrazole rings is 1. The Morgan fingerprint density at radius 3 is 3.28 bits per heavy atom. The lowest BCUT2D eigenvalue weighted by Crippen LogP contribution is -2.36. The molecule has 3 heterocycles. The summed E-state index contributed by atoms with van der Waals surface area (Å²) < 4.78 is 6.44. The van der Waals surface area contributed by atoms with Gasteiger partial charge in [-0.25, -0.2) is 4.68 Å². The number of aromatic nitrogens is 5. The Hall–Kier alpha value is -2.25. The fourth-order valence-corrected chi connectivity index (χ4v) is 2.00. The van der Waals surface area contributed by atoms with Crippen LogP contribution in [0.4, 0.5) is 0 Å². The number of fused-ring (bicyclic) bond motifs is 1. The Labute approximate surface area is 103 Å². The van der Waals surface area contributed by atoms with Crippen molar-refractivity contribution >= 4 is 5.91 Å². The highest BCUT2D eigenvalue weighted by Crippen LogP contribution is 2.17. The molecule has 0 aliphatic carbocycles. The number of carbonyl (C=O) groups excluding carboxylic acids is 1. The standard InChI is InChI=1S/C10H12N6O2/c17-10(2-4-16-7-11-13-14-16)15-3-1-9-8(5-15)6-18-12-9/h6-7H,1-5H2. The second-order valence-electron chi connectivity index (χ2n) is 4.17. The van der Waals surface area contributed by atoms with Crippen LogP contribution in [-0.4, -0.2) is 42.7 Å². The van der Waals surface area contributed by atoms with Gasteiger partial charge in [-0.15, -0.1) is 5.10 Å². The SMILES string of the molecule is O=C(CCn1cnnn1)N1CCc2nocc2C1. The lowest BCUT2D eigenvalue weighted by molar-refractivity contribution is -0.132. The maximum atomic E-state index is 12.0. The third-order valence-electron chi connectivity index (χ3n) is 3.01. The summed E-state index contributed by atoms with van der Waals surface area (Å²) >= 11 is 0. The van der Waals surface area contributed by atoms with Crippen molar-refractivity contribution in [1.29, 1.82) is 0 Å². The van der Waals surface area contributed by atoms with Gasteiger partial charge in [-0.3, -0.25) is 4.79 Å². The van der Waals surface area contributed by atoms with Crippen molar-refractivity contribution in [3.05, 3.63) is 23.8 Å². The molecule has 94 valence electrons. The van der Waals surface area contributed by atoms with Crippen LogP contribution >= 0.6 is 0 Å². The molecule has 0 N–H and O–H groups in total. The molecule has 2 aromatic rings. The minimum Gasteiger partial charge on any atom is -0.364 e. The average Bonchev–Trinajstić information content (AvgIpc) is 3.05. The molecule has 8 nitrogen and oxygen atoms in total. The zero-order valence-corrected chi connectivity index (χ0v) is 9.69. The quantitative estimate of drug-likeness (QED) is 0.736. The molecule has 0 bridgehead atoms. The Balaban J connectivity index is 1.57. The Bertz CT molecular complexity index is 534. The highest BCUT2D eigenvalue weighted by Gasteiger charge is 2.22. The molecular weight excluding hydrogens is 236 g/mol. The van der Waals surface area contributed by atoms with Crippen LogP contribution in [0.2, 0.25) is 0 Å². The summed E-state index contributed by atoms with van der Waals surface area (Å²) in [6, 6.07) is 0. The minimum absolute atomic E-state index is 0.0948. The highest BCUT2D eigenvalue weighted by molar-refractivity contribution is 5.76. The van der Waals surface area contributed by atoms with Crippen LogP contribution in [0.25, 0.3) is 0 Å². The molecule has 0 unspecified atom stereocenters. The van der Waals surface area contributed by atoms with Gasteiger partial charge >= 0.3 is 0 Å². The van der Waals surface area contributed by atoms with Gasteiger partial charge < -0.3 is 9.42 Å². The van der Waals surface area contributed by atoms with E-state index in [1.54, 1.807) is 10.9 Å². The van der Waals surface area contributed by atoms with E-state index in [9.17, 15) is 4.79 Å². The van der Waals surface area contributed by atoms with E-state index in [0.29, 0.717) is 26.1 Å². The van der Waals surface area contributed by atoms with Crippen molar-refractivity contribution in [3.8, 4) is 0 Å². The zero-order chi connectivity index (χ0) is 12.4. The predicted molar refractivity (Wildman–Crippen MR) is 58.1 cm³/mol. The summed E-state index contributed by atoms with van der Waals surface area (Å²) in [6.45, 7) is 1.76. The third kappa shape index (κ3) is 2.08. The van der Waals surface area contributed by atoms with Crippen LogP contribution in [0, 0.1) is 0 Å². The molecule has 0 aromatic carbocycles. The molecule has 18 heavy (non-hydrogen) atoms. The summed E-state index contributed by atoms with van der Waals surface area (Å²) in [4.78, 5) is 13.8. The monoisotopic (exact) mass is 248 g/mol. The lowest BCUT2D eigenvalue weighted by atomic mass is 10.1. The normalized spacial score (nSPS) is 14.6. The van der Waals surface area contributed by atoms with E-state index in [1.165, 1.54) is 6.33 Å². The van der Waals surface area contributed by atoms with E-state index in [2.05, 4.69) is 20.7 Å². The Kier molecular flexibility index (Phi) is 2.75. The fourth-order valence-electron chi connectivity index (χ4n) is 2.00. The van der Waals surface area contributed by atoms with Gasteiger partial charge in [-0.05, 0) is 10.4 Å². The van der Waals surface area contributed by atoms with Crippen molar-refractivity contribution in [1.82, 2.24) is 30.3 Å². The number of nitrogens with zero attached hydrogens (tertiary/aromatic N) is 6. The molecule has 1 aliphatic rings. The Morgan fingerprint density at radius 1 is 1.50 bits per heavy atom. The largest absolute Gasteiger partial charge is 0.364 e. The second kappa shape index (κ2) is 4.55. The summed E-state index contributed by atoms with van der Waals surface area (Å²) in [6.07, 6.45) is 4.26. The number of carbonyl (C=O) groups is 1. The van der Waals surface area contributed by atoms with Gasteiger partial charge in [0.15, 0.2) is 0 Å². The van der Waals surface area contributed by atoms with Gasteiger partial charge in [0.25, 0.3) is 0 Å². The van der Waals surface area contributed by atoms with E-state index < -0.39 is 0 Å². The highest BCUT2D eigenvalue weighted by atomic mass is 16.5. The van der Waals surface area contributed by atoms with Gasteiger partial charge in [0.2, 0.25) is 5.91 Å². The molecule has 0 saturated carbocycles. The molecule has 1 amide bonds. The number of amides is 1. The summed E-state index contributed by atoms with van der Waals surface area (Å²) in [5, 5.41) is 14.7. The molecule has 8 heteroatoms. The smallest absolute Gasteiger partial charge is 0.224 e. The summed E-state index contributed by atoms with van der Waals surface area (Å²) in [7, 11) is 0. The summed E-state index contributed by atoms with van der Waals surface area (Å²) in [5.74, 6) is 0.0948. The van der Waals surface area contributed by atoms with E-state index in [-0.39, 0.29) is 5.91 Å². The molecule has 2 aromatic heterocycles. The van der Waals surface area contributed by atoms with Gasteiger partial charge in [-0.2, -0.15) is 0 Å². The van der Waals surface area contributed by atoms with E-state index in [1.807, 2.05) is 4.90 Å².